The summed E-state index contributed by atoms with van der Waals surface area (Å²) in [6, 6.07) is 20.3. The molecule has 0 aliphatic carbocycles. The van der Waals surface area contributed by atoms with Crippen molar-refractivity contribution in [1.82, 2.24) is 19.3 Å². The molecule has 6 rings (SSSR count). The Hall–Kier alpha value is -3.69. The number of aromatic amines is 1. The molecule has 4 aromatic rings. The second-order valence-corrected chi connectivity index (χ2v) is 11.0. The fourth-order valence-electron chi connectivity index (χ4n) is 4.82. The van der Waals surface area contributed by atoms with Gasteiger partial charge in [0, 0.05) is 30.3 Å². The third-order valence-electron chi connectivity index (χ3n) is 6.73. The van der Waals surface area contributed by atoms with E-state index in [1.54, 1.807) is 28.6 Å². The molecule has 1 N–H and O–H groups in total. The Bertz CT molecular complexity index is 1510. The van der Waals surface area contributed by atoms with E-state index in [4.69, 9.17) is 19.4 Å². The zero-order valence-electron chi connectivity index (χ0n) is 19.8. The maximum Gasteiger partial charge on any atom is 0.243 e. The third kappa shape index (κ3) is 4.14. The predicted octanol–water partition coefficient (Wildman–Crippen LogP) is 4.74. The van der Waals surface area contributed by atoms with E-state index >= 15 is 0 Å². The number of nitrogens with zero attached hydrogens (tertiary/aromatic N) is 3. The molecule has 0 unspecified atom stereocenters. The van der Waals surface area contributed by atoms with Crippen molar-refractivity contribution in [3.63, 3.8) is 0 Å². The number of aromatic nitrogens is 3. The highest BCUT2D eigenvalue weighted by Crippen LogP contribution is 2.39. The van der Waals surface area contributed by atoms with Crippen LogP contribution in [0.1, 0.15) is 30.3 Å². The highest BCUT2D eigenvalue weighted by molar-refractivity contribution is 7.89. The molecule has 0 saturated carbocycles. The monoisotopic (exact) mass is 502 g/mol. The molecular weight excluding hydrogens is 476 g/mol. The smallest absolute Gasteiger partial charge is 0.243 e. The summed E-state index contributed by atoms with van der Waals surface area (Å²) in [6.07, 6.45) is 1.36. The topological polar surface area (TPSA) is 97.4 Å². The second kappa shape index (κ2) is 9.07. The average molecular weight is 503 g/mol. The third-order valence-corrected chi connectivity index (χ3v) is 8.65. The van der Waals surface area contributed by atoms with Crippen molar-refractivity contribution >= 4 is 10.0 Å². The maximum absolute atomic E-state index is 13.1. The highest BCUT2D eigenvalue weighted by atomic mass is 32.2. The number of fused-ring (bicyclic) bond motifs is 1. The quantitative estimate of drug-likeness (QED) is 0.423. The summed E-state index contributed by atoms with van der Waals surface area (Å²) in [4.78, 5) is 13.6. The van der Waals surface area contributed by atoms with Gasteiger partial charge in [-0.3, -0.25) is 4.98 Å². The number of hydrogen-bond acceptors (Lipinski definition) is 6. The zero-order valence-corrected chi connectivity index (χ0v) is 20.7. The van der Waals surface area contributed by atoms with Gasteiger partial charge in [0.1, 0.15) is 5.82 Å². The molecule has 36 heavy (non-hydrogen) atoms. The molecule has 184 valence electrons. The van der Waals surface area contributed by atoms with Gasteiger partial charge in [0.2, 0.25) is 16.8 Å². The number of piperidine rings is 1. The molecule has 0 amide bonds. The largest absolute Gasteiger partial charge is 0.454 e. The number of ether oxygens (including phenoxy) is 2. The van der Waals surface area contributed by atoms with Crippen LogP contribution in [0.3, 0.4) is 0 Å². The van der Waals surface area contributed by atoms with Gasteiger partial charge in [-0.05, 0) is 62.2 Å². The van der Waals surface area contributed by atoms with E-state index in [-0.39, 0.29) is 12.7 Å². The number of imidazole rings is 1. The first kappa shape index (κ1) is 22.8. The summed E-state index contributed by atoms with van der Waals surface area (Å²) >= 11 is 0. The lowest BCUT2D eigenvalue weighted by Gasteiger charge is -2.30. The lowest BCUT2D eigenvalue weighted by atomic mass is 9.97. The van der Waals surface area contributed by atoms with E-state index in [0.29, 0.717) is 36.6 Å². The van der Waals surface area contributed by atoms with Gasteiger partial charge >= 0.3 is 0 Å². The zero-order chi connectivity index (χ0) is 24.7. The molecule has 2 aromatic heterocycles. The first-order chi connectivity index (χ1) is 17.5. The predicted molar refractivity (Wildman–Crippen MR) is 135 cm³/mol. The number of sulfonamides is 1. The standard InChI is InChI=1S/C27H26N4O4S/c1-18-6-5-9-22(28-18)26-25(20-10-11-23-24(16-20)35-17-34-23)29-27(30-26)19-12-14-31(15-13-19)36(32,33)21-7-3-2-4-8-21/h2-11,16,19H,12-15,17H2,1H3,(H,29,30). The number of rotatable bonds is 5. The molecule has 0 spiro atoms. The average Bonchev–Trinajstić information content (AvgIpc) is 3.56. The van der Waals surface area contributed by atoms with E-state index in [2.05, 4.69) is 4.98 Å². The molecule has 9 heteroatoms. The van der Waals surface area contributed by atoms with E-state index in [1.807, 2.05) is 49.4 Å². The van der Waals surface area contributed by atoms with Crippen molar-refractivity contribution < 1.29 is 17.9 Å². The normalized spacial score (nSPS) is 16.4. The molecule has 0 radical (unpaired) electrons. The molecule has 2 aliphatic rings. The van der Waals surface area contributed by atoms with Gasteiger partial charge in [0.25, 0.3) is 0 Å². The van der Waals surface area contributed by atoms with Crippen molar-refractivity contribution in [3.05, 3.63) is 78.2 Å². The number of aryl methyl sites for hydroxylation is 1. The molecule has 2 aliphatic heterocycles. The molecule has 4 heterocycles. The Morgan fingerprint density at radius 1 is 0.917 bits per heavy atom. The molecule has 8 nitrogen and oxygen atoms in total. The molecule has 1 fully saturated rings. The summed E-state index contributed by atoms with van der Waals surface area (Å²) in [5.74, 6) is 2.37. The Balaban J connectivity index is 1.31. The van der Waals surface area contributed by atoms with Crippen molar-refractivity contribution in [2.45, 2.75) is 30.6 Å². The van der Waals surface area contributed by atoms with Crippen LogP contribution in [0.15, 0.2) is 71.6 Å². The van der Waals surface area contributed by atoms with Gasteiger partial charge in [-0.1, -0.05) is 24.3 Å². The van der Waals surface area contributed by atoms with Crippen LogP contribution in [-0.2, 0) is 10.0 Å². The van der Waals surface area contributed by atoms with E-state index in [1.165, 1.54) is 0 Å². The fraction of sp³-hybridized carbons (Fsp3) is 0.259. The van der Waals surface area contributed by atoms with E-state index in [0.717, 1.165) is 39.9 Å². The SMILES string of the molecule is Cc1cccc(-c2[nH]c(C3CCN(S(=O)(=O)c4ccccc4)CC3)nc2-c2ccc3c(c2)OCO3)n1. The van der Waals surface area contributed by atoms with Crippen molar-refractivity contribution in [2.75, 3.05) is 19.9 Å². The summed E-state index contributed by atoms with van der Waals surface area (Å²) < 4.78 is 38.7. The van der Waals surface area contributed by atoms with Gasteiger partial charge in [-0.15, -0.1) is 0 Å². The van der Waals surface area contributed by atoms with Crippen LogP contribution in [-0.4, -0.2) is 47.6 Å². The molecule has 0 atom stereocenters. The molecular formula is C27H26N4O4S. The minimum absolute atomic E-state index is 0.110. The molecule has 2 aromatic carbocycles. The van der Waals surface area contributed by atoms with Crippen LogP contribution in [0.25, 0.3) is 22.6 Å². The summed E-state index contributed by atoms with van der Waals surface area (Å²) in [5.41, 5.74) is 4.27. The van der Waals surface area contributed by atoms with Gasteiger partial charge in [-0.2, -0.15) is 4.31 Å². The van der Waals surface area contributed by atoms with Gasteiger partial charge in [0.15, 0.2) is 11.5 Å². The van der Waals surface area contributed by atoms with E-state index < -0.39 is 10.0 Å². The van der Waals surface area contributed by atoms with E-state index in [9.17, 15) is 8.42 Å². The van der Waals surface area contributed by atoms with Crippen LogP contribution in [0.5, 0.6) is 11.5 Å². The summed E-state index contributed by atoms with van der Waals surface area (Å²) in [6.45, 7) is 3.06. The van der Waals surface area contributed by atoms with Gasteiger partial charge in [-0.25, -0.2) is 13.4 Å². The first-order valence-electron chi connectivity index (χ1n) is 12.0. The van der Waals surface area contributed by atoms with Crippen LogP contribution in [0.2, 0.25) is 0 Å². The van der Waals surface area contributed by atoms with Gasteiger partial charge in [0.05, 0.1) is 22.0 Å². The first-order valence-corrected chi connectivity index (χ1v) is 13.4. The highest BCUT2D eigenvalue weighted by Gasteiger charge is 2.32. The number of nitrogens with one attached hydrogen (secondary N) is 1. The summed E-state index contributed by atoms with van der Waals surface area (Å²) in [5, 5.41) is 0. The Kier molecular flexibility index (Phi) is 5.73. The molecule has 1 saturated heterocycles. The summed E-state index contributed by atoms with van der Waals surface area (Å²) in [7, 11) is -3.50. The van der Waals surface area contributed by atoms with Crippen LogP contribution >= 0.6 is 0 Å². The van der Waals surface area contributed by atoms with Crippen LogP contribution < -0.4 is 9.47 Å². The number of H-pyrrole nitrogens is 1. The van der Waals surface area contributed by atoms with Crippen molar-refractivity contribution in [1.29, 1.82) is 0 Å². The lowest BCUT2D eigenvalue weighted by molar-refractivity contribution is 0.174. The Labute approximate surface area is 210 Å². The Morgan fingerprint density at radius 2 is 1.69 bits per heavy atom. The minimum atomic E-state index is -3.50. The van der Waals surface area contributed by atoms with Crippen molar-refractivity contribution in [2.24, 2.45) is 0 Å². The number of pyridine rings is 1. The van der Waals surface area contributed by atoms with Gasteiger partial charge < -0.3 is 14.5 Å². The number of benzene rings is 2. The lowest BCUT2D eigenvalue weighted by Crippen LogP contribution is -2.38. The van der Waals surface area contributed by atoms with Crippen LogP contribution in [0, 0.1) is 6.92 Å². The second-order valence-electron chi connectivity index (χ2n) is 9.07. The number of hydrogen-bond donors (Lipinski definition) is 1. The minimum Gasteiger partial charge on any atom is -0.454 e. The Morgan fingerprint density at radius 3 is 2.47 bits per heavy atom. The molecule has 0 bridgehead atoms. The fourth-order valence-corrected chi connectivity index (χ4v) is 6.31. The van der Waals surface area contributed by atoms with Crippen LogP contribution in [0.4, 0.5) is 0 Å². The maximum atomic E-state index is 13.1. The van der Waals surface area contributed by atoms with Crippen molar-refractivity contribution in [3.8, 4) is 34.1 Å².